The number of hydrogen-bond acceptors (Lipinski definition) is 4. The van der Waals surface area contributed by atoms with Crippen LogP contribution in [0.5, 0.6) is 11.5 Å². The van der Waals surface area contributed by atoms with Crippen LogP contribution < -0.4 is 9.47 Å². The van der Waals surface area contributed by atoms with Gasteiger partial charge in [0.05, 0.1) is 13.7 Å². The molecule has 0 aliphatic carbocycles. The van der Waals surface area contributed by atoms with Gasteiger partial charge in [0.2, 0.25) is 0 Å². The third kappa shape index (κ3) is 9.70. The van der Waals surface area contributed by atoms with Crippen LogP contribution in [-0.4, -0.2) is 56.2 Å². The highest BCUT2D eigenvalue weighted by Gasteiger charge is 2.16. The summed E-state index contributed by atoms with van der Waals surface area (Å²) in [6, 6.07) is 6.44. The second-order valence-corrected chi connectivity index (χ2v) is 8.73. The van der Waals surface area contributed by atoms with Crippen LogP contribution >= 0.6 is 0 Å². The Hall–Kier alpha value is -1.26. The maximum absolute atomic E-state index is 6.03. The molecule has 172 valence electrons. The molecule has 1 saturated heterocycles. The van der Waals surface area contributed by atoms with E-state index in [1.807, 2.05) is 0 Å². The lowest BCUT2D eigenvalue weighted by molar-refractivity contribution is 0.132. The molecule has 1 aromatic carbocycles. The van der Waals surface area contributed by atoms with E-state index in [9.17, 15) is 0 Å². The summed E-state index contributed by atoms with van der Waals surface area (Å²) in [6.45, 7) is 12.1. The van der Waals surface area contributed by atoms with Gasteiger partial charge in [-0.15, -0.1) is 0 Å². The summed E-state index contributed by atoms with van der Waals surface area (Å²) in [5.41, 5.74) is 1.31. The normalized spacial score (nSPS) is 15.4. The van der Waals surface area contributed by atoms with Gasteiger partial charge in [0.1, 0.15) is 0 Å². The first-order valence-corrected chi connectivity index (χ1v) is 12.5. The molecule has 1 heterocycles. The molecular weight excluding hydrogens is 372 g/mol. The number of nitrogens with zero attached hydrogens (tertiary/aromatic N) is 2. The Balaban J connectivity index is 1.61. The van der Waals surface area contributed by atoms with Crippen molar-refractivity contribution in [1.82, 2.24) is 9.80 Å². The third-order valence-corrected chi connectivity index (χ3v) is 6.30. The van der Waals surface area contributed by atoms with E-state index in [1.165, 1.54) is 76.4 Å². The van der Waals surface area contributed by atoms with Crippen molar-refractivity contribution in [2.24, 2.45) is 0 Å². The van der Waals surface area contributed by atoms with Crippen molar-refractivity contribution in [3.05, 3.63) is 23.8 Å². The number of likely N-dealkylation sites (N-methyl/N-ethyl adjacent to an activating group) is 1. The lowest BCUT2D eigenvalue weighted by atomic mass is 10.1. The molecule has 0 aromatic heterocycles. The van der Waals surface area contributed by atoms with Gasteiger partial charge in [-0.2, -0.15) is 0 Å². The molecule has 4 nitrogen and oxygen atoms in total. The minimum atomic E-state index is 0.783. The van der Waals surface area contributed by atoms with Crippen molar-refractivity contribution in [2.45, 2.75) is 84.6 Å². The van der Waals surface area contributed by atoms with Gasteiger partial charge >= 0.3 is 0 Å². The van der Waals surface area contributed by atoms with Gasteiger partial charge in [-0.25, -0.2) is 0 Å². The first-order chi connectivity index (χ1) is 14.8. The molecule has 30 heavy (non-hydrogen) atoms. The highest BCUT2D eigenvalue weighted by Crippen LogP contribution is 2.29. The summed E-state index contributed by atoms with van der Waals surface area (Å²) in [5, 5.41) is 0. The summed E-state index contributed by atoms with van der Waals surface area (Å²) in [5.74, 6) is 1.75. The van der Waals surface area contributed by atoms with E-state index in [0.717, 1.165) is 50.7 Å². The SMILES string of the molecule is CCCCCCCCCCCCOc1ccc(CN2CCN(CC)CC2)cc1OC. The van der Waals surface area contributed by atoms with Crippen molar-refractivity contribution >= 4 is 0 Å². The number of piperazine rings is 1. The van der Waals surface area contributed by atoms with Gasteiger partial charge in [-0.1, -0.05) is 77.7 Å². The molecule has 0 N–H and O–H groups in total. The van der Waals surface area contributed by atoms with Gasteiger partial charge in [0.25, 0.3) is 0 Å². The summed E-state index contributed by atoms with van der Waals surface area (Å²) in [4.78, 5) is 5.05. The van der Waals surface area contributed by atoms with E-state index in [4.69, 9.17) is 9.47 Å². The zero-order chi connectivity index (χ0) is 21.4. The molecule has 0 radical (unpaired) electrons. The molecule has 0 spiro atoms. The molecule has 1 aliphatic rings. The molecule has 0 amide bonds. The standard InChI is InChI=1S/C26H46N2O2/c1-4-6-7-8-9-10-11-12-13-14-21-30-25-16-15-24(22-26(25)29-3)23-28-19-17-27(5-2)18-20-28/h15-16,22H,4-14,17-21,23H2,1-3H3. The van der Waals surface area contributed by atoms with Crippen molar-refractivity contribution in [3.8, 4) is 11.5 Å². The Labute approximate surface area is 185 Å². The lowest BCUT2D eigenvalue weighted by Gasteiger charge is -2.34. The number of benzene rings is 1. The number of methoxy groups -OCH3 is 1. The van der Waals surface area contributed by atoms with Crippen LogP contribution in [0.3, 0.4) is 0 Å². The number of ether oxygens (including phenoxy) is 2. The molecule has 1 aromatic rings. The van der Waals surface area contributed by atoms with Gasteiger partial charge in [0.15, 0.2) is 11.5 Å². The summed E-state index contributed by atoms with van der Waals surface area (Å²) < 4.78 is 11.6. The minimum absolute atomic E-state index is 0.783. The fraction of sp³-hybridized carbons (Fsp3) is 0.769. The smallest absolute Gasteiger partial charge is 0.161 e. The Morgan fingerprint density at radius 1 is 0.733 bits per heavy atom. The third-order valence-electron chi connectivity index (χ3n) is 6.30. The second-order valence-electron chi connectivity index (χ2n) is 8.73. The molecule has 0 bridgehead atoms. The first-order valence-electron chi connectivity index (χ1n) is 12.5. The van der Waals surface area contributed by atoms with Gasteiger partial charge in [-0.05, 0) is 30.7 Å². The predicted octanol–water partition coefficient (Wildman–Crippen LogP) is 6.13. The fourth-order valence-electron chi connectivity index (χ4n) is 4.22. The monoisotopic (exact) mass is 418 g/mol. The van der Waals surface area contributed by atoms with E-state index in [0.29, 0.717) is 0 Å². The van der Waals surface area contributed by atoms with Gasteiger partial charge in [0, 0.05) is 32.7 Å². The first kappa shape index (κ1) is 25.0. The van der Waals surface area contributed by atoms with Crippen LogP contribution in [0.1, 0.15) is 83.6 Å². The molecule has 2 rings (SSSR count). The zero-order valence-corrected chi connectivity index (χ0v) is 20.0. The van der Waals surface area contributed by atoms with Gasteiger partial charge < -0.3 is 14.4 Å². The van der Waals surface area contributed by atoms with Gasteiger partial charge in [-0.3, -0.25) is 4.90 Å². The van der Waals surface area contributed by atoms with E-state index >= 15 is 0 Å². The topological polar surface area (TPSA) is 24.9 Å². The van der Waals surface area contributed by atoms with Crippen molar-refractivity contribution < 1.29 is 9.47 Å². The average Bonchev–Trinajstić information content (AvgIpc) is 2.78. The summed E-state index contributed by atoms with van der Waals surface area (Å²) in [6.07, 6.45) is 13.5. The van der Waals surface area contributed by atoms with E-state index < -0.39 is 0 Å². The van der Waals surface area contributed by atoms with E-state index in [1.54, 1.807) is 7.11 Å². The van der Waals surface area contributed by atoms with E-state index in [-0.39, 0.29) is 0 Å². The van der Waals surface area contributed by atoms with Crippen molar-refractivity contribution in [1.29, 1.82) is 0 Å². The quantitative estimate of drug-likeness (QED) is 0.301. The molecular formula is C26H46N2O2. The molecule has 1 fully saturated rings. The second kappa shape index (κ2) is 15.5. The average molecular weight is 419 g/mol. The van der Waals surface area contributed by atoms with Crippen LogP contribution in [0.2, 0.25) is 0 Å². The summed E-state index contributed by atoms with van der Waals surface area (Å²) >= 11 is 0. The van der Waals surface area contributed by atoms with Crippen LogP contribution in [-0.2, 0) is 6.54 Å². The molecule has 0 atom stereocenters. The maximum atomic E-state index is 6.03. The summed E-state index contributed by atoms with van der Waals surface area (Å²) in [7, 11) is 1.74. The maximum Gasteiger partial charge on any atom is 0.161 e. The number of hydrogen-bond donors (Lipinski definition) is 0. The molecule has 0 unspecified atom stereocenters. The Bertz CT molecular complexity index is 556. The van der Waals surface area contributed by atoms with Crippen LogP contribution in [0, 0.1) is 0 Å². The largest absolute Gasteiger partial charge is 0.493 e. The fourth-order valence-corrected chi connectivity index (χ4v) is 4.22. The van der Waals surface area contributed by atoms with Crippen LogP contribution in [0.25, 0.3) is 0 Å². The lowest BCUT2D eigenvalue weighted by Crippen LogP contribution is -2.45. The Kier molecular flexibility index (Phi) is 12.9. The number of unbranched alkanes of at least 4 members (excludes halogenated alkanes) is 9. The highest BCUT2D eigenvalue weighted by atomic mass is 16.5. The highest BCUT2D eigenvalue weighted by molar-refractivity contribution is 5.43. The number of rotatable bonds is 16. The van der Waals surface area contributed by atoms with Crippen molar-refractivity contribution in [3.63, 3.8) is 0 Å². The van der Waals surface area contributed by atoms with Crippen molar-refractivity contribution in [2.75, 3.05) is 46.4 Å². The van der Waals surface area contributed by atoms with Crippen LogP contribution in [0.4, 0.5) is 0 Å². The Morgan fingerprint density at radius 3 is 1.93 bits per heavy atom. The molecule has 4 heteroatoms. The zero-order valence-electron chi connectivity index (χ0n) is 20.0. The Morgan fingerprint density at radius 2 is 1.33 bits per heavy atom. The predicted molar refractivity (Wildman–Crippen MR) is 128 cm³/mol. The molecule has 1 aliphatic heterocycles. The molecule has 0 saturated carbocycles. The minimum Gasteiger partial charge on any atom is -0.493 e. The van der Waals surface area contributed by atoms with E-state index in [2.05, 4.69) is 41.8 Å². The van der Waals surface area contributed by atoms with Crippen LogP contribution in [0.15, 0.2) is 18.2 Å².